The highest BCUT2D eigenvalue weighted by Gasteiger charge is 2.30. The summed E-state index contributed by atoms with van der Waals surface area (Å²) in [5, 5.41) is 0. The summed E-state index contributed by atoms with van der Waals surface area (Å²) in [6, 6.07) is 3.29. The van der Waals surface area contributed by atoms with Crippen molar-refractivity contribution in [3.8, 4) is 5.88 Å². The SMILES string of the molecule is CCc1ncnc(O[C@H]2CCN(C(=O)c3ccco3)C2)c1F. The first-order valence-corrected chi connectivity index (χ1v) is 7.17. The molecule has 0 aliphatic carbocycles. The van der Waals surface area contributed by atoms with Gasteiger partial charge in [0.1, 0.15) is 12.4 Å². The van der Waals surface area contributed by atoms with Crippen molar-refractivity contribution in [2.75, 3.05) is 13.1 Å². The van der Waals surface area contributed by atoms with Crippen LogP contribution in [0.2, 0.25) is 0 Å². The molecule has 0 N–H and O–H groups in total. The van der Waals surface area contributed by atoms with E-state index in [1.54, 1.807) is 17.0 Å². The zero-order chi connectivity index (χ0) is 15.5. The Hall–Kier alpha value is -2.44. The fourth-order valence-electron chi connectivity index (χ4n) is 2.44. The standard InChI is InChI=1S/C15H16FN3O3/c1-2-11-13(16)14(18-9-17-11)22-10-5-6-19(8-10)15(20)12-4-3-7-21-12/h3-4,7,9-10H,2,5-6,8H2,1H3/t10-/m0/s1. The minimum Gasteiger partial charge on any atom is -0.470 e. The number of carbonyl (C=O) groups excluding carboxylic acids is 1. The predicted molar refractivity (Wildman–Crippen MR) is 75.0 cm³/mol. The van der Waals surface area contributed by atoms with Gasteiger partial charge in [-0.3, -0.25) is 4.79 Å². The molecule has 1 fully saturated rings. The summed E-state index contributed by atoms with van der Waals surface area (Å²) in [7, 11) is 0. The van der Waals surface area contributed by atoms with Crippen LogP contribution in [0.15, 0.2) is 29.1 Å². The molecule has 0 radical (unpaired) electrons. The maximum atomic E-state index is 14.1. The summed E-state index contributed by atoms with van der Waals surface area (Å²) in [6.07, 6.45) is 3.56. The topological polar surface area (TPSA) is 68.5 Å². The van der Waals surface area contributed by atoms with Gasteiger partial charge in [0.25, 0.3) is 11.8 Å². The highest BCUT2D eigenvalue weighted by Crippen LogP contribution is 2.22. The quantitative estimate of drug-likeness (QED) is 0.865. The van der Waals surface area contributed by atoms with E-state index in [0.29, 0.717) is 37.4 Å². The minimum absolute atomic E-state index is 0.0517. The number of hydrogen-bond acceptors (Lipinski definition) is 5. The average Bonchev–Trinajstić information content (AvgIpc) is 3.20. The maximum Gasteiger partial charge on any atom is 0.289 e. The molecule has 3 heterocycles. The lowest BCUT2D eigenvalue weighted by molar-refractivity contribution is 0.0738. The third-order valence-electron chi connectivity index (χ3n) is 3.61. The number of nitrogens with zero attached hydrogens (tertiary/aromatic N) is 3. The van der Waals surface area contributed by atoms with Gasteiger partial charge in [0, 0.05) is 13.0 Å². The molecular weight excluding hydrogens is 289 g/mol. The van der Waals surface area contributed by atoms with Crippen LogP contribution in [0.25, 0.3) is 0 Å². The third-order valence-corrected chi connectivity index (χ3v) is 3.61. The number of amides is 1. The van der Waals surface area contributed by atoms with Crippen molar-refractivity contribution in [3.63, 3.8) is 0 Å². The van der Waals surface area contributed by atoms with Crippen LogP contribution < -0.4 is 4.74 Å². The molecule has 1 aliphatic heterocycles. The molecule has 2 aromatic rings. The van der Waals surface area contributed by atoms with Crippen LogP contribution in [-0.4, -0.2) is 40.0 Å². The molecule has 116 valence electrons. The average molecular weight is 305 g/mol. The summed E-state index contributed by atoms with van der Waals surface area (Å²) in [5.41, 5.74) is 0.325. The van der Waals surface area contributed by atoms with Gasteiger partial charge in [-0.15, -0.1) is 0 Å². The molecule has 1 atom stereocenters. The second-order valence-corrected chi connectivity index (χ2v) is 5.05. The lowest BCUT2D eigenvalue weighted by Gasteiger charge is -2.16. The fourth-order valence-corrected chi connectivity index (χ4v) is 2.44. The molecular formula is C15H16FN3O3. The summed E-state index contributed by atoms with van der Waals surface area (Å²) in [6.45, 7) is 2.73. The van der Waals surface area contributed by atoms with Crippen molar-refractivity contribution in [1.82, 2.24) is 14.9 Å². The molecule has 1 saturated heterocycles. The number of halogens is 1. The van der Waals surface area contributed by atoms with Gasteiger partial charge < -0.3 is 14.1 Å². The van der Waals surface area contributed by atoms with Gasteiger partial charge in [-0.05, 0) is 18.6 Å². The van der Waals surface area contributed by atoms with Crippen LogP contribution >= 0.6 is 0 Å². The van der Waals surface area contributed by atoms with Crippen molar-refractivity contribution in [1.29, 1.82) is 0 Å². The second-order valence-electron chi connectivity index (χ2n) is 5.05. The van der Waals surface area contributed by atoms with E-state index >= 15 is 0 Å². The molecule has 0 unspecified atom stereocenters. The Balaban J connectivity index is 1.65. The number of rotatable bonds is 4. The predicted octanol–water partition coefficient (Wildman–Crippen LogP) is 2.06. The summed E-state index contributed by atoms with van der Waals surface area (Å²) in [5.74, 6) is -0.472. The van der Waals surface area contributed by atoms with Crippen LogP contribution in [0.4, 0.5) is 4.39 Å². The molecule has 1 aliphatic rings. The molecule has 1 amide bonds. The molecule has 7 heteroatoms. The number of furan rings is 1. The number of carbonyl (C=O) groups is 1. The number of likely N-dealkylation sites (tertiary alicyclic amines) is 1. The maximum absolute atomic E-state index is 14.1. The highest BCUT2D eigenvalue weighted by molar-refractivity contribution is 5.91. The first-order chi connectivity index (χ1) is 10.7. The zero-order valence-corrected chi connectivity index (χ0v) is 12.2. The van der Waals surface area contributed by atoms with Gasteiger partial charge in [-0.1, -0.05) is 6.92 Å². The van der Waals surface area contributed by atoms with E-state index in [0.717, 1.165) is 0 Å². The van der Waals surface area contributed by atoms with E-state index in [2.05, 4.69) is 9.97 Å². The van der Waals surface area contributed by atoms with E-state index in [-0.39, 0.29) is 17.9 Å². The smallest absolute Gasteiger partial charge is 0.289 e. The van der Waals surface area contributed by atoms with Gasteiger partial charge in [0.2, 0.25) is 5.82 Å². The Kier molecular flexibility index (Phi) is 4.04. The minimum atomic E-state index is -0.527. The Morgan fingerprint density at radius 1 is 1.55 bits per heavy atom. The Morgan fingerprint density at radius 2 is 2.41 bits per heavy atom. The van der Waals surface area contributed by atoms with Gasteiger partial charge in [-0.2, -0.15) is 9.37 Å². The van der Waals surface area contributed by atoms with Crippen molar-refractivity contribution < 1.29 is 18.3 Å². The molecule has 0 saturated carbocycles. The Bertz CT molecular complexity index is 660. The molecule has 2 aromatic heterocycles. The monoisotopic (exact) mass is 305 g/mol. The van der Waals surface area contributed by atoms with E-state index in [4.69, 9.17) is 9.15 Å². The van der Waals surface area contributed by atoms with Gasteiger partial charge in [0.05, 0.1) is 18.5 Å². The normalized spacial score (nSPS) is 17.7. The largest absolute Gasteiger partial charge is 0.470 e. The van der Waals surface area contributed by atoms with Gasteiger partial charge >= 0.3 is 0 Å². The van der Waals surface area contributed by atoms with Crippen molar-refractivity contribution >= 4 is 5.91 Å². The van der Waals surface area contributed by atoms with Crippen LogP contribution in [-0.2, 0) is 6.42 Å². The number of aryl methyl sites for hydroxylation is 1. The van der Waals surface area contributed by atoms with E-state index < -0.39 is 5.82 Å². The molecule has 0 aromatic carbocycles. The van der Waals surface area contributed by atoms with Crippen molar-refractivity contribution in [2.45, 2.75) is 25.9 Å². The van der Waals surface area contributed by atoms with Gasteiger partial charge in [0.15, 0.2) is 5.76 Å². The fraction of sp³-hybridized carbons (Fsp3) is 0.400. The van der Waals surface area contributed by atoms with E-state index in [9.17, 15) is 9.18 Å². The van der Waals surface area contributed by atoms with Crippen LogP contribution in [0, 0.1) is 5.82 Å². The highest BCUT2D eigenvalue weighted by atomic mass is 19.1. The molecule has 0 bridgehead atoms. The Labute approximate surface area is 126 Å². The first-order valence-electron chi connectivity index (χ1n) is 7.17. The Morgan fingerprint density at radius 3 is 3.14 bits per heavy atom. The third kappa shape index (κ3) is 2.79. The van der Waals surface area contributed by atoms with E-state index in [1.807, 2.05) is 6.92 Å². The van der Waals surface area contributed by atoms with Crippen LogP contribution in [0.1, 0.15) is 29.6 Å². The lowest BCUT2D eigenvalue weighted by Crippen LogP contribution is -2.30. The summed E-state index contributed by atoms with van der Waals surface area (Å²) in [4.78, 5) is 21.5. The molecule has 6 nitrogen and oxygen atoms in total. The molecule has 3 rings (SSSR count). The molecule has 22 heavy (non-hydrogen) atoms. The summed E-state index contributed by atoms with van der Waals surface area (Å²) < 4.78 is 24.8. The van der Waals surface area contributed by atoms with Crippen LogP contribution in [0.3, 0.4) is 0 Å². The van der Waals surface area contributed by atoms with Crippen molar-refractivity contribution in [3.05, 3.63) is 42.0 Å². The zero-order valence-electron chi connectivity index (χ0n) is 12.2. The van der Waals surface area contributed by atoms with Crippen LogP contribution in [0.5, 0.6) is 5.88 Å². The first kappa shape index (κ1) is 14.5. The van der Waals surface area contributed by atoms with Gasteiger partial charge in [-0.25, -0.2) is 4.98 Å². The van der Waals surface area contributed by atoms with E-state index in [1.165, 1.54) is 12.6 Å². The number of aromatic nitrogens is 2. The lowest BCUT2D eigenvalue weighted by atomic mass is 10.3. The molecule has 0 spiro atoms. The number of hydrogen-bond donors (Lipinski definition) is 0. The summed E-state index contributed by atoms with van der Waals surface area (Å²) >= 11 is 0. The van der Waals surface area contributed by atoms with Crippen molar-refractivity contribution in [2.24, 2.45) is 0 Å². The second kappa shape index (κ2) is 6.13. The number of ether oxygens (including phenoxy) is 1.